The van der Waals surface area contributed by atoms with Gasteiger partial charge in [-0.2, -0.15) is 10.2 Å². The largest absolute Gasteiger partial charge is 0.497 e. The van der Waals surface area contributed by atoms with E-state index in [-0.39, 0.29) is 5.91 Å². The first-order chi connectivity index (χ1) is 12.2. The lowest BCUT2D eigenvalue weighted by Crippen LogP contribution is -2.17. The summed E-state index contributed by atoms with van der Waals surface area (Å²) in [5, 5.41) is 12.7. The van der Waals surface area contributed by atoms with Gasteiger partial charge in [-0.3, -0.25) is 9.89 Å². The van der Waals surface area contributed by atoms with Gasteiger partial charge in [0.25, 0.3) is 5.91 Å². The summed E-state index contributed by atoms with van der Waals surface area (Å²) in [6, 6.07) is 9.16. The number of nitrogens with one attached hydrogen (secondary N) is 2. The van der Waals surface area contributed by atoms with Crippen molar-refractivity contribution in [2.24, 2.45) is 5.10 Å². The van der Waals surface area contributed by atoms with Crippen LogP contribution in [0.15, 0.2) is 47.0 Å². The van der Waals surface area contributed by atoms with Crippen molar-refractivity contribution in [3.63, 3.8) is 0 Å². The van der Waals surface area contributed by atoms with Crippen LogP contribution < -0.4 is 14.9 Å². The minimum absolute atomic E-state index is 0.346. The van der Waals surface area contributed by atoms with E-state index in [1.165, 1.54) is 23.7 Å². The number of amides is 1. The Morgan fingerprint density at radius 3 is 2.92 bits per heavy atom. The molecule has 0 aliphatic heterocycles. The lowest BCUT2D eigenvalue weighted by molar-refractivity contribution is 0.0956. The van der Waals surface area contributed by atoms with E-state index >= 15 is 0 Å². The summed E-state index contributed by atoms with van der Waals surface area (Å²) < 4.78 is 10.4. The average Bonchev–Trinajstić information content (AvgIpc) is 3.32. The summed E-state index contributed by atoms with van der Waals surface area (Å²) in [6.45, 7) is 0. The molecule has 0 radical (unpaired) electrons. The smallest absolute Gasteiger partial charge is 0.275 e. The molecule has 8 heteroatoms. The normalized spacial score (nSPS) is 10.8. The van der Waals surface area contributed by atoms with Gasteiger partial charge >= 0.3 is 0 Å². The Labute approximate surface area is 148 Å². The van der Waals surface area contributed by atoms with E-state index in [0.29, 0.717) is 28.3 Å². The number of H-pyrrole nitrogens is 1. The predicted octanol–water partition coefficient (Wildman–Crippen LogP) is 2.92. The molecule has 128 valence electrons. The molecule has 0 aliphatic rings. The molecular formula is C17H16N4O3S. The fourth-order valence-electron chi connectivity index (χ4n) is 2.21. The Kier molecular flexibility index (Phi) is 5.10. The zero-order valence-corrected chi connectivity index (χ0v) is 14.5. The Bertz CT molecular complexity index is 887. The van der Waals surface area contributed by atoms with Gasteiger partial charge in [0, 0.05) is 11.6 Å². The zero-order chi connectivity index (χ0) is 17.6. The summed E-state index contributed by atoms with van der Waals surface area (Å²) in [6.07, 6.45) is 2.99. The number of rotatable bonds is 6. The van der Waals surface area contributed by atoms with E-state index in [0.717, 1.165) is 4.88 Å². The number of benzene rings is 1. The maximum atomic E-state index is 12.3. The Hall–Kier alpha value is -3.13. The third-order valence-corrected chi connectivity index (χ3v) is 4.35. The SMILES string of the molecule is COc1ccc(/C=N/NC(=O)c2cn[nH]c2-c2cccs2)c(OC)c1. The van der Waals surface area contributed by atoms with E-state index in [4.69, 9.17) is 9.47 Å². The molecule has 0 aliphatic carbocycles. The molecule has 0 spiro atoms. The summed E-state index contributed by atoms with van der Waals surface area (Å²) in [4.78, 5) is 13.3. The van der Waals surface area contributed by atoms with Gasteiger partial charge in [0.2, 0.25) is 0 Å². The number of carbonyl (C=O) groups is 1. The van der Waals surface area contributed by atoms with Gasteiger partial charge in [-0.05, 0) is 23.6 Å². The van der Waals surface area contributed by atoms with Crippen LogP contribution in [0.3, 0.4) is 0 Å². The Morgan fingerprint density at radius 1 is 1.32 bits per heavy atom. The summed E-state index contributed by atoms with van der Waals surface area (Å²) in [7, 11) is 3.14. The first-order valence-electron chi connectivity index (χ1n) is 7.35. The van der Waals surface area contributed by atoms with Gasteiger partial charge in [0.15, 0.2) is 0 Å². The molecule has 1 amide bonds. The first kappa shape index (κ1) is 16.7. The molecule has 0 saturated heterocycles. The van der Waals surface area contributed by atoms with Crippen molar-refractivity contribution < 1.29 is 14.3 Å². The van der Waals surface area contributed by atoms with Crippen molar-refractivity contribution in [2.75, 3.05) is 14.2 Å². The van der Waals surface area contributed by atoms with Gasteiger partial charge in [-0.15, -0.1) is 11.3 Å². The molecule has 2 aromatic heterocycles. The van der Waals surface area contributed by atoms with Crippen LogP contribution in [0.2, 0.25) is 0 Å². The highest BCUT2D eigenvalue weighted by atomic mass is 32.1. The lowest BCUT2D eigenvalue weighted by atomic mass is 10.2. The number of aromatic nitrogens is 2. The number of nitrogens with zero attached hydrogens (tertiary/aromatic N) is 2. The van der Waals surface area contributed by atoms with Crippen molar-refractivity contribution in [1.82, 2.24) is 15.6 Å². The van der Waals surface area contributed by atoms with Gasteiger partial charge in [-0.25, -0.2) is 5.43 Å². The maximum Gasteiger partial charge on any atom is 0.275 e. The highest BCUT2D eigenvalue weighted by Gasteiger charge is 2.15. The molecule has 3 rings (SSSR count). The second-order valence-corrected chi connectivity index (χ2v) is 5.89. The number of methoxy groups -OCH3 is 2. The third-order valence-electron chi connectivity index (χ3n) is 3.46. The van der Waals surface area contributed by atoms with Crippen LogP contribution in [0.4, 0.5) is 0 Å². The molecule has 2 heterocycles. The molecule has 7 nitrogen and oxygen atoms in total. The number of hydrogen-bond donors (Lipinski definition) is 2. The number of hydrogen-bond acceptors (Lipinski definition) is 6. The molecule has 25 heavy (non-hydrogen) atoms. The maximum absolute atomic E-state index is 12.3. The standard InChI is InChI=1S/C17H16N4O3S/c1-23-12-6-5-11(14(8-12)24-2)9-18-21-17(22)13-10-19-20-16(13)15-4-3-7-25-15/h3-10H,1-2H3,(H,19,20)(H,21,22)/b18-9+. The third kappa shape index (κ3) is 3.69. The molecule has 2 N–H and O–H groups in total. The monoisotopic (exact) mass is 356 g/mol. The van der Waals surface area contributed by atoms with Gasteiger partial charge < -0.3 is 9.47 Å². The van der Waals surface area contributed by atoms with Crippen LogP contribution >= 0.6 is 11.3 Å². The number of ether oxygens (including phenoxy) is 2. The van der Waals surface area contributed by atoms with Crippen molar-refractivity contribution in [3.8, 4) is 22.1 Å². The Balaban J connectivity index is 1.73. The highest BCUT2D eigenvalue weighted by Crippen LogP contribution is 2.26. The fourth-order valence-corrected chi connectivity index (χ4v) is 2.95. The Morgan fingerprint density at radius 2 is 2.20 bits per heavy atom. The summed E-state index contributed by atoms with van der Waals surface area (Å²) >= 11 is 1.52. The number of thiophene rings is 1. The molecule has 0 atom stereocenters. The lowest BCUT2D eigenvalue weighted by Gasteiger charge is -2.06. The quantitative estimate of drug-likeness (QED) is 0.525. The second-order valence-electron chi connectivity index (χ2n) is 4.94. The molecule has 3 aromatic rings. The molecule has 0 unspecified atom stereocenters. The van der Waals surface area contributed by atoms with E-state index < -0.39 is 0 Å². The van der Waals surface area contributed by atoms with E-state index in [9.17, 15) is 4.79 Å². The molecule has 0 saturated carbocycles. The number of aromatic amines is 1. The van der Waals surface area contributed by atoms with E-state index in [1.807, 2.05) is 17.5 Å². The highest BCUT2D eigenvalue weighted by molar-refractivity contribution is 7.13. The topological polar surface area (TPSA) is 88.6 Å². The van der Waals surface area contributed by atoms with Gasteiger partial charge in [0.1, 0.15) is 11.5 Å². The predicted molar refractivity (Wildman–Crippen MR) is 96.5 cm³/mol. The van der Waals surface area contributed by atoms with Crippen LogP contribution in [-0.2, 0) is 0 Å². The van der Waals surface area contributed by atoms with Crippen LogP contribution in [-0.4, -0.2) is 36.5 Å². The summed E-state index contributed by atoms with van der Waals surface area (Å²) in [5.41, 5.74) is 4.32. The van der Waals surface area contributed by atoms with Crippen LogP contribution in [0, 0.1) is 0 Å². The van der Waals surface area contributed by atoms with Crippen molar-refractivity contribution in [2.45, 2.75) is 0 Å². The van der Waals surface area contributed by atoms with Crippen LogP contribution in [0.1, 0.15) is 15.9 Å². The number of carbonyl (C=O) groups excluding carboxylic acids is 1. The van der Waals surface area contributed by atoms with Crippen molar-refractivity contribution in [1.29, 1.82) is 0 Å². The van der Waals surface area contributed by atoms with Crippen molar-refractivity contribution >= 4 is 23.5 Å². The average molecular weight is 356 g/mol. The first-order valence-corrected chi connectivity index (χ1v) is 8.23. The van der Waals surface area contributed by atoms with Crippen LogP contribution in [0.5, 0.6) is 11.5 Å². The zero-order valence-electron chi connectivity index (χ0n) is 13.6. The van der Waals surface area contributed by atoms with E-state index in [1.54, 1.807) is 32.4 Å². The van der Waals surface area contributed by atoms with Crippen molar-refractivity contribution in [3.05, 3.63) is 53.0 Å². The molecular weight excluding hydrogens is 340 g/mol. The fraction of sp³-hybridized carbons (Fsp3) is 0.118. The van der Waals surface area contributed by atoms with Gasteiger partial charge in [0.05, 0.1) is 42.8 Å². The second kappa shape index (κ2) is 7.63. The minimum atomic E-state index is -0.346. The van der Waals surface area contributed by atoms with Gasteiger partial charge in [-0.1, -0.05) is 6.07 Å². The number of hydrazone groups is 1. The molecule has 1 aromatic carbocycles. The molecule has 0 fully saturated rings. The molecule has 0 bridgehead atoms. The summed E-state index contributed by atoms with van der Waals surface area (Å²) in [5.74, 6) is 0.929. The van der Waals surface area contributed by atoms with Crippen LogP contribution in [0.25, 0.3) is 10.6 Å². The van der Waals surface area contributed by atoms with E-state index in [2.05, 4.69) is 20.7 Å². The minimum Gasteiger partial charge on any atom is -0.497 e.